The van der Waals surface area contributed by atoms with Crippen LogP contribution in [0, 0.1) is 0 Å². The second-order valence-electron chi connectivity index (χ2n) is 4.12. The second-order valence-corrected chi connectivity index (χ2v) is 4.12. The summed E-state index contributed by atoms with van der Waals surface area (Å²) in [5, 5.41) is 8.98. The summed E-state index contributed by atoms with van der Waals surface area (Å²) in [7, 11) is 1.93. The first-order chi connectivity index (χ1) is 8.66. The number of nitrogens with zero attached hydrogens (tertiary/aromatic N) is 1. The lowest BCUT2D eigenvalue weighted by Gasteiger charge is -2.29. The molecule has 0 bridgehead atoms. The van der Waals surface area contributed by atoms with E-state index in [1.165, 1.54) is 0 Å². The number of ether oxygens (including phenoxy) is 1. The smallest absolute Gasteiger partial charge is 0.335 e. The molecule has 2 aromatic carbocycles. The van der Waals surface area contributed by atoms with Crippen molar-refractivity contribution >= 4 is 17.3 Å². The molecule has 4 heteroatoms. The van der Waals surface area contributed by atoms with E-state index >= 15 is 0 Å². The highest BCUT2D eigenvalue weighted by Crippen LogP contribution is 2.45. The average Bonchev–Trinajstić information content (AvgIpc) is 2.38. The van der Waals surface area contributed by atoms with Crippen LogP contribution in [-0.2, 0) is 0 Å². The first-order valence-corrected chi connectivity index (χ1v) is 5.55. The summed E-state index contributed by atoms with van der Waals surface area (Å²) >= 11 is 0. The van der Waals surface area contributed by atoms with Gasteiger partial charge in [-0.2, -0.15) is 0 Å². The van der Waals surface area contributed by atoms with Crippen molar-refractivity contribution in [3.8, 4) is 11.5 Å². The summed E-state index contributed by atoms with van der Waals surface area (Å²) in [6.07, 6.45) is 0. The monoisotopic (exact) mass is 241 g/mol. The van der Waals surface area contributed by atoms with Crippen LogP contribution in [0.1, 0.15) is 10.4 Å². The molecule has 90 valence electrons. The topological polar surface area (TPSA) is 49.8 Å². The van der Waals surface area contributed by atoms with Crippen LogP contribution < -0.4 is 9.64 Å². The van der Waals surface area contributed by atoms with Gasteiger partial charge in [0, 0.05) is 7.05 Å². The molecule has 1 N–H and O–H groups in total. The standard InChI is InChI=1S/C14H11NO3/c1-15-10-4-2-3-5-12(10)18-13-8-9(14(16)17)6-7-11(13)15/h2-8H,1H3,(H,16,17). The van der Waals surface area contributed by atoms with Gasteiger partial charge in [0.1, 0.15) is 0 Å². The molecule has 3 rings (SSSR count). The van der Waals surface area contributed by atoms with Gasteiger partial charge in [-0.15, -0.1) is 0 Å². The molecule has 0 saturated carbocycles. The number of carboxylic acids is 1. The number of hydrogen-bond donors (Lipinski definition) is 1. The molecule has 0 aromatic heterocycles. The Kier molecular flexibility index (Phi) is 2.23. The van der Waals surface area contributed by atoms with Gasteiger partial charge in [-0.25, -0.2) is 4.79 Å². The highest BCUT2D eigenvalue weighted by Gasteiger charge is 2.22. The minimum absolute atomic E-state index is 0.224. The van der Waals surface area contributed by atoms with Crippen LogP contribution >= 0.6 is 0 Å². The zero-order chi connectivity index (χ0) is 12.7. The number of hydrogen-bond acceptors (Lipinski definition) is 3. The van der Waals surface area contributed by atoms with E-state index in [2.05, 4.69) is 0 Å². The van der Waals surface area contributed by atoms with E-state index in [0.717, 1.165) is 17.1 Å². The Morgan fingerprint density at radius 3 is 2.61 bits per heavy atom. The van der Waals surface area contributed by atoms with E-state index in [4.69, 9.17) is 9.84 Å². The zero-order valence-electron chi connectivity index (χ0n) is 9.75. The molecular weight excluding hydrogens is 230 g/mol. The summed E-state index contributed by atoms with van der Waals surface area (Å²) < 4.78 is 5.73. The lowest BCUT2D eigenvalue weighted by molar-refractivity contribution is 0.0696. The molecule has 1 aliphatic rings. The van der Waals surface area contributed by atoms with Crippen molar-refractivity contribution in [2.75, 3.05) is 11.9 Å². The normalized spacial score (nSPS) is 12.4. The van der Waals surface area contributed by atoms with Gasteiger partial charge in [0.05, 0.1) is 16.9 Å². The van der Waals surface area contributed by atoms with E-state index in [1.807, 2.05) is 36.2 Å². The number of anilines is 2. The molecule has 0 radical (unpaired) electrons. The van der Waals surface area contributed by atoms with E-state index < -0.39 is 5.97 Å². The highest BCUT2D eigenvalue weighted by atomic mass is 16.5. The highest BCUT2D eigenvalue weighted by molar-refractivity contribution is 5.90. The Bertz CT molecular complexity index is 637. The third-order valence-electron chi connectivity index (χ3n) is 3.01. The molecule has 0 fully saturated rings. The first-order valence-electron chi connectivity index (χ1n) is 5.55. The predicted molar refractivity (Wildman–Crippen MR) is 68.0 cm³/mol. The number of rotatable bonds is 1. The Hall–Kier alpha value is -2.49. The van der Waals surface area contributed by atoms with Gasteiger partial charge in [-0.1, -0.05) is 12.1 Å². The van der Waals surface area contributed by atoms with E-state index in [1.54, 1.807) is 18.2 Å². The second kappa shape index (κ2) is 3.77. The molecule has 4 nitrogen and oxygen atoms in total. The van der Waals surface area contributed by atoms with Crippen LogP contribution in [0.25, 0.3) is 0 Å². The maximum absolute atomic E-state index is 10.9. The van der Waals surface area contributed by atoms with Crippen molar-refractivity contribution < 1.29 is 14.6 Å². The predicted octanol–water partition coefficient (Wildman–Crippen LogP) is 3.26. The minimum atomic E-state index is -0.956. The number of fused-ring (bicyclic) bond motifs is 2. The minimum Gasteiger partial charge on any atom is -0.478 e. The molecule has 2 aromatic rings. The van der Waals surface area contributed by atoms with Crippen LogP contribution in [0.4, 0.5) is 11.4 Å². The first kappa shape index (κ1) is 10.7. The molecular formula is C14H11NO3. The van der Waals surface area contributed by atoms with Gasteiger partial charge in [-0.05, 0) is 30.3 Å². The Morgan fingerprint density at radius 2 is 1.83 bits per heavy atom. The van der Waals surface area contributed by atoms with Crippen molar-refractivity contribution in [1.29, 1.82) is 0 Å². The van der Waals surface area contributed by atoms with Gasteiger partial charge in [0.15, 0.2) is 11.5 Å². The lowest BCUT2D eigenvalue weighted by Crippen LogP contribution is -2.16. The quantitative estimate of drug-likeness (QED) is 0.832. The van der Waals surface area contributed by atoms with Gasteiger partial charge in [-0.3, -0.25) is 0 Å². The Morgan fingerprint density at radius 1 is 1.11 bits per heavy atom. The van der Waals surface area contributed by atoms with E-state index in [0.29, 0.717) is 5.75 Å². The molecule has 18 heavy (non-hydrogen) atoms. The molecule has 0 spiro atoms. The molecule has 0 atom stereocenters. The Labute approximate surface area is 104 Å². The summed E-state index contributed by atoms with van der Waals surface area (Å²) in [4.78, 5) is 12.9. The maximum atomic E-state index is 10.9. The zero-order valence-corrected chi connectivity index (χ0v) is 9.75. The van der Waals surface area contributed by atoms with Crippen LogP contribution in [0.2, 0.25) is 0 Å². The van der Waals surface area contributed by atoms with Gasteiger partial charge < -0.3 is 14.7 Å². The maximum Gasteiger partial charge on any atom is 0.335 e. The SMILES string of the molecule is CN1c2ccccc2Oc2cc(C(=O)O)ccc21. The lowest BCUT2D eigenvalue weighted by atomic mass is 10.1. The third kappa shape index (κ3) is 1.50. The summed E-state index contributed by atoms with van der Waals surface area (Å²) in [5.41, 5.74) is 2.05. The largest absolute Gasteiger partial charge is 0.478 e. The summed E-state index contributed by atoms with van der Waals surface area (Å²) in [5.74, 6) is 0.342. The summed E-state index contributed by atoms with van der Waals surface area (Å²) in [6, 6.07) is 12.5. The van der Waals surface area contributed by atoms with Crippen molar-refractivity contribution in [1.82, 2.24) is 0 Å². The number of benzene rings is 2. The summed E-state index contributed by atoms with van der Waals surface area (Å²) in [6.45, 7) is 0. The van der Waals surface area contributed by atoms with Crippen molar-refractivity contribution in [2.45, 2.75) is 0 Å². The van der Waals surface area contributed by atoms with Crippen molar-refractivity contribution in [2.24, 2.45) is 0 Å². The molecule has 0 saturated heterocycles. The molecule has 1 aliphatic heterocycles. The molecule has 0 aliphatic carbocycles. The van der Waals surface area contributed by atoms with Crippen LogP contribution in [0.15, 0.2) is 42.5 Å². The van der Waals surface area contributed by atoms with Crippen molar-refractivity contribution in [3.05, 3.63) is 48.0 Å². The van der Waals surface area contributed by atoms with Gasteiger partial charge in [0.2, 0.25) is 0 Å². The number of carboxylic acid groups (broad SMARTS) is 1. The third-order valence-corrected chi connectivity index (χ3v) is 3.01. The number of aromatic carboxylic acids is 1. The number of para-hydroxylation sites is 2. The van der Waals surface area contributed by atoms with Crippen LogP contribution in [0.3, 0.4) is 0 Å². The fraction of sp³-hybridized carbons (Fsp3) is 0.0714. The van der Waals surface area contributed by atoms with Crippen LogP contribution in [0.5, 0.6) is 11.5 Å². The van der Waals surface area contributed by atoms with Gasteiger partial charge in [0.25, 0.3) is 0 Å². The van der Waals surface area contributed by atoms with E-state index in [9.17, 15) is 4.79 Å². The number of carbonyl (C=O) groups is 1. The molecule has 0 amide bonds. The van der Waals surface area contributed by atoms with Gasteiger partial charge >= 0.3 is 5.97 Å². The fourth-order valence-corrected chi connectivity index (χ4v) is 2.07. The molecule has 0 unspecified atom stereocenters. The molecule has 1 heterocycles. The van der Waals surface area contributed by atoms with E-state index in [-0.39, 0.29) is 5.56 Å². The average molecular weight is 241 g/mol. The van der Waals surface area contributed by atoms with Crippen molar-refractivity contribution in [3.63, 3.8) is 0 Å². The van der Waals surface area contributed by atoms with Crippen LogP contribution in [-0.4, -0.2) is 18.1 Å². The Balaban J connectivity index is 2.13. The fourth-order valence-electron chi connectivity index (χ4n) is 2.07.